The maximum atomic E-state index is 12.5. The van der Waals surface area contributed by atoms with Gasteiger partial charge in [-0.05, 0) is 38.0 Å². The van der Waals surface area contributed by atoms with Gasteiger partial charge in [-0.25, -0.2) is 0 Å². The van der Waals surface area contributed by atoms with E-state index >= 15 is 0 Å². The van der Waals surface area contributed by atoms with Gasteiger partial charge < -0.3 is 16.3 Å². The number of amides is 1. The molecule has 1 aliphatic carbocycles. The van der Waals surface area contributed by atoms with Crippen molar-refractivity contribution in [2.45, 2.75) is 65.8 Å². The first-order valence-electron chi connectivity index (χ1n) is 7.65. The second-order valence-corrected chi connectivity index (χ2v) is 6.44. The van der Waals surface area contributed by atoms with Crippen LogP contribution in [0.4, 0.5) is 0 Å². The molecule has 116 valence electrons. The number of hydrogen-bond acceptors (Lipinski definition) is 3. The highest BCUT2D eigenvalue weighted by molar-refractivity contribution is 6.06. The molecule has 0 aromatic heterocycles. The van der Waals surface area contributed by atoms with Crippen LogP contribution in [0.3, 0.4) is 0 Å². The molecule has 0 aliphatic heterocycles. The molecular formula is C15H29N3O2. The molecule has 1 fully saturated rings. The number of nitrogens with one attached hydrogen (secondary N) is 1. The van der Waals surface area contributed by atoms with Crippen molar-refractivity contribution in [2.75, 3.05) is 0 Å². The summed E-state index contributed by atoms with van der Waals surface area (Å²) in [6, 6.07) is 0.202. The quantitative estimate of drug-likeness (QED) is 0.313. The molecule has 3 unspecified atom stereocenters. The molecule has 1 aliphatic rings. The highest BCUT2D eigenvalue weighted by Crippen LogP contribution is 2.31. The molecule has 0 bridgehead atoms. The summed E-state index contributed by atoms with van der Waals surface area (Å²) in [5.41, 5.74) is 4.76. The van der Waals surface area contributed by atoms with Crippen LogP contribution in [0, 0.1) is 17.3 Å². The van der Waals surface area contributed by atoms with E-state index in [2.05, 4.69) is 24.3 Å². The van der Waals surface area contributed by atoms with Gasteiger partial charge in [0, 0.05) is 6.04 Å². The molecule has 1 saturated carbocycles. The summed E-state index contributed by atoms with van der Waals surface area (Å²) in [6.45, 7) is 8.01. The van der Waals surface area contributed by atoms with Crippen LogP contribution in [0.5, 0.6) is 0 Å². The molecule has 5 nitrogen and oxygen atoms in total. The van der Waals surface area contributed by atoms with Gasteiger partial charge in [0.1, 0.15) is 5.41 Å². The van der Waals surface area contributed by atoms with Crippen LogP contribution >= 0.6 is 0 Å². The molecule has 0 saturated heterocycles. The Labute approximate surface area is 122 Å². The van der Waals surface area contributed by atoms with E-state index in [0.717, 1.165) is 19.3 Å². The van der Waals surface area contributed by atoms with Crippen LogP contribution in [0.1, 0.15) is 59.8 Å². The molecule has 0 aromatic rings. The van der Waals surface area contributed by atoms with Gasteiger partial charge in [-0.3, -0.25) is 4.79 Å². The van der Waals surface area contributed by atoms with Gasteiger partial charge in [0.25, 0.3) is 0 Å². The molecule has 0 spiro atoms. The van der Waals surface area contributed by atoms with E-state index in [9.17, 15) is 4.79 Å². The largest absolute Gasteiger partial charge is 0.409 e. The number of carbonyl (C=O) groups excluding carboxylic acids is 1. The second-order valence-electron chi connectivity index (χ2n) is 6.44. The first kappa shape index (κ1) is 16.8. The monoisotopic (exact) mass is 283 g/mol. The first-order chi connectivity index (χ1) is 9.36. The second kappa shape index (κ2) is 6.95. The van der Waals surface area contributed by atoms with Crippen molar-refractivity contribution in [3.05, 3.63) is 0 Å². The minimum atomic E-state index is -0.937. The summed E-state index contributed by atoms with van der Waals surface area (Å²) in [4.78, 5) is 12.5. The van der Waals surface area contributed by atoms with Gasteiger partial charge in [-0.2, -0.15) is 0 Å². The summed E-state index contributed by atoms with van der Waals surface area (Å²) in [5.74, 6) is 0.917. The van der Waals surface area contributed by atoms with Crippen molar-refractivity contribution in [1.82, 2.24) is 5.32 Å². The number of hydrogen-bond donors (Lipinski definition) is 3. The molecule has 4 N–H and O–H groups in total. The fourth-order valence-corrected chi connectivity index (χ4v) is 3.03. The van der Waals surface area contributed by atoms with E-state index < -0.39 is 5.41 Å². The summed E-state index contributed by atoms with van der Waals surface area (Å²) < 4.78 is 0. The topological polar surface area (TPSA) is 87.7 Å². The third-order valence-electron chi connectivity index (χ3n) is 4.87. The van der Waals surface area contributed by atoms with Crippen LogP contribution < -0.4 is 11.1 Å². The van der Waals surface area contributed by atoms with Gasteiger partial charge >= 0.3 is 0 Å². The Balaban J connectivity index is 2.82. The number of rotatable bonds is 5. The van der Waals surface area contributed by atoms with Crippen molar-refractivity contribution >= 4 is 11.7 Å². The maximum Gasteiger partial charge on any atom is 0.233 e. The van der Waals surface area contributed by atoms with E-state index in [1.807, 2.05) is 6.92 Å². The zero-order valence-electron chi connectivity index (χ0n) is 13.1. The average Bonchev–Trinajstić information content (AvgIpc) is 2.45. The van der Waals surface area contributed by atoms with Gasteiger partial charge in [-0.1, -0.05) is 38.8 Å². The lowest BCUT2D eigenvalue weighted by molar-refractivity contribution is -0.128. The summed E-state index contributed by atoms with van der Waals surface area (Å²) in [7, 11) is 0. The lowest BCUT2D eigenvalue weighted by Gasteiger charge is -2.37. The highest BCUT2D eigenvalue weighted by Gasteiger charge is 2.39. The molecule has 20 heavy (non-hydrogen) atoms. The SMILES string of the molecule is CCC(C)(C(=O)NC1CCCCC1C(C)C)C(N)=NO. The van der Waals surface area contributed by atoms with E-state index in [4.69, 9.17) is 10.9 Å². The zero-order chi connectivity index (χ0) is 15.3. The van der Waals surface area contributed by atoms with Crippen LogP contribution in [-0.4, -0.2) is 23.0 Å². The average molecular weight is 283 g/mol. The minimum Gasteiger partial charge on any atom is -0.409 e. The lowest BCUT2D eigenvalue weighted by atomic mass is 9.76. The Hall–Kier alpha value is -1.26. The first-order valence-corrected chi connectivity index (χ1v) is 7.65. The number of nitrogens with two attached hydrogens (primary N) is 1. The van der Waals surface area contributed by atoms with Crippen molar-refractivity contribution in [3.8, 4) is 0 Å². The van der Waals surface area contributed by atoms with Gasteiger partial charge in [-0.15, -0.1) is 0 Å². The number of amidine groups is 1. The summed E-state index contributed by atoms with van der Waals surface area (Å²) in [5, 5.41) is 15.1. The minimum absolute atomic E-state index is 0.0191. The Morgan fingerprint density at radius 2 is 2.05 bits per heavy atom. The fourth-order valence-electron chi connectivity index (χ4n) is 3.03. The normalized spacial score (nSPS) is 27.1. The summed E-state index contributed by atoms with van der Waals surface area (Å²) in [6.07, 6.45) is 5.08. The fraction of sp³-hybridized carbons (Fsp3) is 0.867. The van der Waals surface area contributed by atoms with Crippen molar-refractivity contribution in [1.29, 1.82) is 0 Å². The molecule has 5 heteroatoms. The van der Waals surface area contributed by atoms with Crippen LogP contribution in [0.15, 0.2) is 5.16 Å². The molecule has 1 rings (SSSR count). The Morgan fingerprint density at radius 1 is 1.45 bits per heavy atom. The van der Waals surface area contributed by atoms with Crippen molar-refractivity contribution in [2.24, 2.45) is 28.1 Å². The van der Waals surface area contributed by atoms with E-state index in [0.29, 0.717) is 18.3 Å². The van der Waals surface area contributed by atoms with Crippen LogP contribution in [0.2, 0.25) is 0 Å². The summed E-state index contributed by atoms with van der Waals surface area (Å²) >= 11 is 0. The molecule has 3 atom stereocenters. The number of nitrogens with zero attached hydrogens (tertiary/aromatic N) is 1. The Bertz CT molecular complexity index is 368. The van der Waals surface area contributed by atoms with Gasteiger partial charge in [0.15, 0.2) is 5.84 Å². The van der Waals surface area contributed by atoms with E-state index in [1.165, 1.54) is 6.42 Å². The predicted octanol–water partition coefficient (Wildman–Crippen LogP) is 2.48. The molecule has 1 amide bonds. The van der Waals surface area contributed by atoms with Crippen molar-refractivity contribution < 1.29 is 10.0 Å². The third kappa shape index (κ3) is 3.44. The predicted molar refractivity (Wildman–Crippen MR) is 80.5 cm³/mol. The number of carbonyl (C=O) groups is 1. The smallest absolute Gasteiger partial charge is 0.233 e. The lowest BCUT2D eigenvalue weighted by Crippen LogP contribution is -2.53. The zero-order valence-corrected chi connectivity index (χ0v) is 13.1. The van der Waals surface area contributed by atoms with Crippen LogP contribution in [0.25, 0.3) is 0 Å². The highest BCUT2D eigenvalue weighted by atomic mass is 16.4. The van der Waals surface area contributed by atoms with Crippen molar-refractivity contribution in [3.63, 3.8) is 0 Å². The molecule has 0 aromatic carbocycles. The Morgan fingerprint density at radius 3 is 2.55 bits per heavy atom. The third-order valence-corrected chi connectivity index (χ3v) is 4.87. The van der Waals surface area contributed by atoms with Crippen LogP contribution in [-0.2, 0) is 4.79 Å². The van der Waals surface area contributed by atoms with E-state index in [1.54, 1.807) is 6.92 Å². The molecular weight excluding hydrogens is 254 g/mol. The standard InChI is InChI=1S/C15H29N3O2/c1-5-15(4,13(16)18-20)14(19)17-12-9-7-6-8-11(12)10(2)3/h10-12,20H,5-9H2,1-4H3,(H2,16,18)(H,17,19). The van der Waals surface area contributed by atoms with Gasteiger partial charge in [0.05, 0.1) is 0 Å². The number of oxime groups is 1. The molecule has 0 radical (unpaired) electrons. The molecule has 0 heterocycles. The van der Waals surface area contributed by atoms with E-state index in [-0.39, 0.29) is 17.8 Å². The van der Waals surface area contributed by atoms with Gasteiger partial charge in [0.2, 0.25) is 5.91 Å². The maximum absolute atomic E-state index is 12.5. The Kier molecular flexibility index (Phi) is 5.84.